The van der Waals surface area contributed by atoms with Crippen molar-refractivity contribution in [2.45, 2.75) is 31.4 Å². The lowest BCUT2D eigenvalue weighted by Gasteiger charge is -2.29. The Morgan fingerprint density at radius 3 is 2.60 bits per heavy atom. The first kappa shape index (κ1) is 16.8. The molecule has 0 saturated heterocycles. The molecule has 0 spiro atoms. The summed E-state index contributed by atoms with van der Waals surface area (Å²) in [4.78, 5) is 16.1. The van der Waals surface area contributed by atoms with Gasteiger partial charge in [-0.25, -0.2) is 9.37 Å². The molecule has 1 amide bonds. The van der Waals surface area contributed by atoms with Gasteiger partial charge in [-0.2, -0.15) is 11.8 Å². The molecule has 0 unspecified atom stereocenters. The standard InChI is InChI=1S/C14H22FN3OS/c1-5-14(6-2,20-4)9-18-13(19)11-7-10(15)8-17-12(11)16-3/h7-8H,5-6,9H2,1-4H3,(H,16,17)(H,18,19). The molecule has 0 aliphatic carbocycles. The lowest BCUT2D eigenvalue weighted by Crippen LogP contribution is -2.39. The molecule has 1 aromatic rings. The summed E-state index contributed by atoms with van der Waals surface area (Å²) in [6.07, 6.45) is 5.06. The highest BCUT2D eigenvalue weighted by atomic mass is 32.2. The largest absolute Gasteiger partial charge is 0.372 e. The lowest BCUT2D eigenvalue weighted by molar-refractivity contribution is 0.0949. The minimum atomic E-state index is -0.517. The van der Waals surface area contributed by atoms with Crippen LogP contribution < -0.4 is 10.6 Å². The topological polar surface area (TPSA) is 54.0 Å². The van der Waals surface area contributed by atoms with Crippen LogP contribution in [0.15, 0.2) is 12.3 Å². The number of nitrogens with one attached hydrogen (secondary N) is 2. The molecule has 0 saturated carbocycles. The van der Waals surface area contributed by atoms with Gasteiger partial charge >= 0.3 is 0 Å². The highest BCUT2D eigenvalue weighted by Gasteiger charge is 2.26. The number of pyridine rings is 1. The van der Waals surface area contributed by atoms with Crippen LogP contribution >= 0.6 is 11.8 Å². The van der Waals surface area contributed by atoms with Crippen LogP contribution in [0.1, 0.15) is 37.0 Å². The van der Waals surface area contributed by atoms with Gasteiger partial charge in [-0.15, -0.1) is 0 Å². The fraction of sp³-hybridized carbons (Fsp3) is 0.571. The van der Waals surface area contributed by atoms with Crippen molar-refractivity contribution in [3.05, 3.63) is 23.6 Å². The van der Waals surface area contributed by atoms with Gasteiger partial charge in [0.2, 0.25) is 0 Å². The van der Waals surface area contributed by atoms with Gasteiger partial charge in [-0.3, -0.25) is 4.79 Å². The average Bonchev–Trinajstić information content (AvgIpc) is 2.49. The number of halogens is 1. The Morgan fingerprint density at radius 2 is 2.10 bits per heavy atom. The summed E-state index contributed by atoms with van der Waals surface area (Å²) in [5, 5.41) is 5.69. The maximum absolute atomic E-state index is 13.2. The van der Waals surface area contributed by atoms with Gasteiger partial charge < -0.3 is 10.6 Å². The predicted molar refractivity (Wildman–Crippen MR) is 82.9 cm³/mol. The van der Waals surface area contributed by atoms with Crippen LogP contribution in [-0.4, -0.2) is 35.5 Å². The zero-order valence-corrected chi connectivity index (χ0v) is 13.2. The summed E-state index contributed by atoms with van der Waals surface area (Å²) in [5.74, 6) is -0.440. The van der Waals surface area contributed by atoms with Crippen LogP contribution in [0.5, 0.6) is 0 Å². The Hall–Kier alpha value is -1.30. The summed E-state index contributed by atoms with van der Waals surface area (Å²) in [7, 11) is 1.65. The summed E-state index contributed by atoms with van der Waals surface area (Å²) < 4.78 is 13.3. The molecule has 0 aliphatic heterocycles. The van der Waals surface area contributed by atoms with Gasteiger partial charge in [-0.1, -0.05) is 13.8 Å². The van der Waals surface area contributed by atoms with Crippen LogP contribution in [0.3, 0.4) is 0 Å². The van der Waals surface area contributed by atoms with Crippen molar-refractivity contribution < 1.29 is 9.18 Å². The van der Waals surface area contributed by atoms with Gasteiger partial charge in [0, 0.05) is 18.3 Å². The second-order valence-electron chi connectivity index (χ2n) is 4.58. The Kier molecular flexibility index (Phi) is 6.26. The van der Waals surface area contributed by atoms with Crippen molar-refractivity contribution in [1.82, 2.24) is 10.3 Å². The predicted octanol–water partition coefficient (Wildman–Crippen LogP) is 2.91. The molecule has 2 N–H and O–H groups in total. The Morgan fingerprint density at radius 1 is 1.45 bits per heavy atom. The van der Waals surface area contributed by atoms with E-state index in [1.54, 1.807) is 18.8 Å². The minimum absolute atomic E-state index is 0.0240. The molecule has 4 nitrogen and oxygen atoms in total. The molecule has 1 heterocycles. The van der Waals surface area contributed by atoms with E-state index < -0.39 is 5.82 Å². The van der Waals surface area contributed by atoms with E-state index in [1.165, 1.54) is 6.07 Å². The third-order valence-corrected chi connectivity index (χ3v) is 5.22. The molecule has 6 heteroatoms. The van der Waals surface area contributed by atoms with E-state index >= 15 is 0 Å². The SMILES string of the molecule is CCC(CC)(CNC(=O)c1cc(F)cnc1NC)SC. The first-order valence-electron chi connectivity index (χ1n) is 6.68. The van der Waals surface area contributed by atoms with Crippen LogP contribution in [0.2, 0.25) is 0 Å². The maximum atomic E-state index is 13.2. The van der Waals surface area contributed by atoms with Crippen molar-refractivity contribution in [1.29, 1.82) is 0 Å². The number of carbonyl (C=O) groups excluding carboxylic acids is 1. The van der Waals surface area contributed by atoms with Gasteiger partial charge in [0.05, 0.1) is 11.8 Å². The molecule has 20 heavy (non-hydrogen) atoms. The average molecular weight is 299 g/mol. The van der Waals surface area contributed by atoms with Gasteiger partial charge in [0.1, 0.15) is 11.6 Å². The monoisotopic (exact) mass is 299 g/mol. The fourth-order valence-electron chi connectivity index (χ4n) is 2.01. The van der Waals surface area contributed by atoms with E-state index in [2.05, 4.69) is 29.5 Å². The Bertz CT molecular complexity index is 455. The highest BCUT2D eigenvalue weighted by molar-refractivity contribution is 8.00. The van der Waals surface area contributed by atoms with E-state index in [0.717, 1.165) is 19.0 Å². The van der Waals surface area contributed by atoms with Crippen molar-refractivity contribution in [2.24, 2.45) is 0 Å². The number of aromatic nitrogens is 1. The normalized spacial score (nSPS) is 11.2. The van der Waals surface area contributed by atoms with E-state index in [0.29, 0.717) is 12.4 Å². The summed E-state index contributed by atoms with van der Waals surface area (Å²) >= 11 is 1.75. The maximum Gasteiger partial charge on any atom is 0.255 e. The number of nitrogens with zero attached hydrogens (tertiary/aromatic N) is 1. The summed E-state index contributed by atoms with van der Waals surface area (Å²) in [6.45, 7) is 4.77. The number of rotatable bonds is 7. The van der Waals surface area contributed by atoms with Crippen molar-refractivity contribution in [3.63, 3.8) is 0 Å². The summed E-state index contributed by atoms with van der Waals surface area (Å²) in [5.41, 5.74) is 0.231. The summed E-state index contributed by atoms with van der Waals surface area (Å²) in [6, 6.07) is 1.20. The van der Waals surface area contributed by atoms with Crippen molar-refractivity contribution >= 4 is 23.5 Å². The molecule has 1 rings (SSSR count). The zero-order valence-electron chi connectivity index (χ0n) is 12.4. The van der Waals surface area contributed by atoms with Crippen LogP contribution in [-0.2, 0) is 0 Å². The number of carbonyl (C=O) groups is 1. The quantitative estimate of drug-likeness (QED) is 0.813. The molecule has 0 atom stereocenters. The second kappa shape index (κ2) is 7.47. The third kappa shape index (κ3) is 3.85. The molecule has 0 fully saturated rings. The number of amides is 1. The zero-order chi connectivity index (χ0) is 15.2. The number of hydrogen-bond donors (Lipinski definition) is 2. The van der Waals surface area contributed by atoms with E-state index in [4.69, 9.17) is 0 Å². The van der Waals surface area contributed by atoms with Crippen LogP contribution in [0, 0.1) is 5.82 Å². The Labute approximate surface area is 123 Å². The first-order valence-corrected chi connectivity index (χ1v) is 7.91. The fourth-order valence-corrected chi connectivity index (χ4v) is 2.80. The second-order valence-corrected chi connectivity index (χ2v) is 5.85. The Balaban J connectivity index is 2.84. The van der Waals surface area contributed by atoms with E-state index in [1.807, 2.05) is 6.26 Å². The molecule has 0 aromatic carbocycles. The van der Waals surface area contributed by atoms with Crippen molar-refractivity contribution in [3.8, 4) is 0 Å². The van der Waals surface area contributed by atoms with Gasteiger partial charge in [0.25, 0.3) is 5.91 Å². The molecule has 1 aromatic heterocycles. The molecule has 112 valence electrons. The smallest absolute Gasteiger partial charge is 0.255 e. The van der Waals surface area contributed by atoms with E-state index in [-0.39, 0.29) is 16.2 Å². The van der Waals surface area contributed by atoms with Gasteiger partial charge in [0.15, 0.2) is 0 Å². The van der Waals surface area contributed by atoms with E-state index in [9.17, 15) is 9.18 Å². The minimum Gasteiger partial charge on any atom is -0.372 e. The number of anilines is 1. The lowest BCUT2D eigenvalue weighted by atomic mass is 10.0. The molecule has 0 aliphatic rings. The molecular formula is C14H22FN3OS. The number of hydrogen-bond acceptors (Lipinski definition) is 4. The molecule has 0 bridgehead atoms. The number of thioether (sulfide) groups is 1. The molecule has 0 radical (unpaired) electrons. The third-order valence-electron chi connectivity index (χ3n) is 3.63. The molecular weight excluding hydrogens is 277 g/mol. The highest BCUT2D eigenvalue weighted by Crippen LogP contribution is 2.29. The van der Waals surface area contributed by atoms with Crippen LogP contribution in [0.25, 0.3) is 0 Å². The first-order chi connectivity index (χ1) is 9.51. The van der Waals surface area contributed by atoms with Gasteiger partial charge in [-0.05, 0) is 25.2 Å². The van der Waals surface area contributed by atoms with Crippen molar-refractivity contribution in [2.75, 3.05) is 25.2 Å². The van der Waals surface area contributed by atoms with Crippen LogP contribution in [0.4, 0.5) is 10.2 Å².